The summed E-state index contributed by atoms with van der Waals surface area (Å²) in [5.74, 6) is 2.53. The Kier molecular flexibility index (Phi) is 4.01. The number of hydrogen-bond acceptors (Lipinski definition) is 5. The Balaban J connectivity index is 1.34. The molecular formula is C23H28N4O3. The summed E-state index contributed by atoms with van der Waals surface area (Å²) < 4.78 is 0. The molecule has 4 bridgehead atoms. The van der Waals surface area contributed by atoms with Crippen LogP contribution in [0.5, 0.6) is 0 Å². The fourth-order valence-electron chi connectivity index (χ4n) is 7.55. The van der Waals surface area contributed by atoms with Crippen LogP contribution in [0.15, 0.2) is 30.6 Å². The van der Waals surface area contributed by atoms with Gasteiger partial charge in [-0.05, 0) is 74.3 Å². The van der Waals surface area contributed by atoms with E-state index in [1.165, 1.54) is 0 Å². The Morgan fingerprint density at radius 1 is 1.13 bits per heavy atom. The Bertz CT molecular complexity index is 976. The van der Waals surface area contributed by atoms with Crippen LogP contribution < -0.4 is 5.32 Å². The lowest BCUT2D eigenvalue weighted by molar-refractivity contribution is -0.162. The van der Waals surface area contributed by atoms with Crippen molar-refractivity contribution < 1.29 is 15.0 Å². The molecule has 7 nitrogen and oxygen atoms in total. The second-order valence-electron chi connectivity index (χ2n) is 10.0. The third-order valence-corrected chi connectivity index (χ3v) is 8.27. The van der Waals surface area contributed by atoms with Gasteiger partial charge in [-0.3, -0.25) is 0 Å². The Morgan fingerprint density at radius 2 is 1.90 bits per heavy atom. The number of nitrogens with one attached hydrogen (secondary N) is 1. The summed E-state index contributed by atoms with van der Waals surface area (Å²) >= 11 is 0. The number of benzene rings is 1. The summed E-state index contributed by atoms with van der Waals surface area (Å²) in [5, 5.41) is 25.5. The molecule has 0 radical (unpaired) electrons. The third kappa shape index (κ3) is 2.78. The lowest BCUT2D eigenvalue weighted by Gasteiger charge is -2.60. The van der Waals surface area contributed by atoms with Crippen molar-refractivity contribution in [2.45, 2.75) is 56.2 Å². The van der Waals surface area contributed by atoms with Gasteiger partial charge in [0.25, 0.3) is 0 Å². The molecule has 30 heavy (non-hydrogen) atoms. The first-order valence-corrected chi connectivity index (χ1v) is 11.2. The van der Waals surface area contributed by atoms with Gasteiger partial charge in [0.1, 0.15) is 12.1 Å². The molecule has 1 amide bonds. The molecule has 2 heterocycles. The summed E-state index contributed by atoms with van der Waals surface area (Å²) in [7, 11) is 0. The summed E-state index contributed by atoms with van der Waals surface area (Å²) in [6.45, 7) is 0.546. The molecule has 1 saturated heterocycles. The minimum absolute atomic E-state index is 0.0246. The molecule has 1 aromatic heterocycles. The Morgan fingerprint density at radius 3 is 2.63 bits per heavy atom. The van der Waals surface area contributed by atoms with E-state index >= 15 is 0 Å². The number of rotatable bonds is 3. The first-order chi connectivity index (χ1) is 14.5. The first-order valence-electron chi connectivity index (χ1n) is 11.2. The monoisotopic (exact) mass is 408 g/mol. The molecule has 0 spiro atoms. The maximum Gasteiger partial charge on any atom is 0.407 e. The number of hydrogen-bond donors (Lipinski definition) is 3. The predicted octanol–water partition coefficient (Wildman–Crippen LogP) is 3.35. The van der Waals surface area contributed by atoms with Crippen LogP contribution >= 0.6 is 0 Å². The molecule has 7 atom stereocenters. The van der Waals surface area contributed by atoms with Crippen LogP contribution in [0, 0.1) is 23.7 Å². The number of carbonyl (C=O) groups is 1. The normalized spacial score (nSPS) is 39.6. The molecule has 1 aliphatic heterocycles. The van der Waals surface area contributed by atoms with E-state index in [2.05, 4.69) is 15.3 Å². The zero-order chi connectivity index (χ0) is 20.5. The standard InChI is InChI=1S/C23H28N4O3/c28-22(29)27-6-5-18(26-21-16-3-1-2-4-17(16)24-12-25-21)20(27)19-14-7-13-8-15(19)11-23(30,9-13)10-14/h1-4,12-15,18-20,30H,5-11H2,(H,28,29)(H,24,25,26)/t13?,14-,15?,18?,19?,20-,23?/m0/s1. The maximum absolute atomic E-state index is 12.1. The van der Waals surface area contributed by atoms with Crippen LogP contribution in [0.2, 0.25) is 0 Å². The van der Waals surface area contributed by atoms with Crippen molar-refractivity contribution in [3.8, 4) is 0 Å². The molecule has 5 aliphatic rings. The van der Waals surface area contributed by atoms with E-state index < -0.39 is 11.7 Å². The van der Waals surface area contributed by atoms with Crippen LogP contribution in [0.1, 0.15) is 38.5 Å². The van der Waals surface area contributed by atoms with Gasteiger partial charge in [-0.25, -0.2) is 14.8 Å². The summed E-state index contributed by atoms with van der Waals surface area (Å²) in [6, 6.07) is 7.87. The van der Waals surface area contributed by atoms with E-state index in [4.69, 9.17) is 0 Å². The first kappa shape index (κ1) is 18.4. The van der Waals surface area contributed by atoms with E-state index in [0.29, 0.717) is 30.2 Å². The van der Waals surface area contributed by atoms with Gasteiger partial charge in [-0.2, -0.15) is 0 Å². The van der Waals surface area contributed by atoms with E-state index in [9.17, 15) is 15.0 Å². The number of carboxylic acid groups (broad SMARTS) is 1. The average Bonchev–Trinajstić information content (AvgIpc) is 3.10. The van der Waals surface area contributed by atoms with Crippen molar-refractivity contribution in [1.82, 2.24) is 14.9 Å². The Hall–Kier alpha value is -2.41. The molecule has 4 aliphatic carbocycles. The zero-order valence-corrected chi connectivity index (χ0v) is 16.9. The highest BCUT2D eigenvalue weighted by Gasteiger charge is 2.59. The highest BCUT2D eigenvalue weighted by molar-refractivity contribution is 5.88. The van der Waals surface area contributed by atoms with E-state index in [-0.39, 0.29) is 12.1 Å². The van der Waals surface area contributed by atoms with Gasteiger partial charge in [-0.15, -0.1) is 0 Å². The van der Waals surface area contributed by atoms with E-state index in [0.717, 1.165) is 55.2 Å². The molecule has 1 aromatic carbocycles. The Labute approximate surface area is 175 Å². The van der Waals surface area contributed by atoms with Crippen molar-refractivity contribution in [2.24, 2.45) is 23.7 Å². The van der Waals surface area contributed by atoms with Crippen LogP contribution in [0.3, 0.4) is 0 Å². The van der Waals surface area contributed by atoms with E-state index in [1.54, 1.807) is 11.2 Å². The van der Waals surface area contributed by atoms with E-state index in [1.807, 2.05) is 24.3 Å². The number of para-hydroxylation sites is 1. The van der Waals surface area contributed by atoms with Crippen LogP contribution in [0.4, 0.5) is 10.6 Å². The fraction of sp³-hybridized carbons (Fsp3) is 0.609. The molecule has 5 unspecified atom stereocenters. The average molecular weight is 409 g/mol. The second-order valence-corrected chi connectivity index (χ2v) is 10.0. The lowest BCUT2D eigenvalue weighted by atomic mass is 9.48. The van der Waals surface area contributed by atoms with Crippen molar-refractivity contribution in [1.29, 1.82) is 0 Å². The highest BCUT2D eigenvalue weighted by Crippen LogP contribution is 2.60. The summed E-state index contributed by atoms with van der Waals surface area (Å²) in [4.78, 5) is 22.7. The van der Waals surface area contributed by atoms with Crippen LogP contribution in [0.25, 0.3) is 10.9 Å². The van der Waals surface area contributed by atoms with Crippen LogP contribution in [-0.4, -0.2) is 55.4 Å². The van der Waals surface area contributed by atoms with Gasteiger partial charge < -0.3 is 20.4 Å². The van der Waals surface area contributed by atoms with Gasteiger partial charge >= 0.3 is 6.09 Å². The topological polar surface area (TPSA) is 98.6 Å². The molecule has 5 fully saturated rings. The lowest BCUT2D eigenvalue weighted by Crippen LogP contribution is -2.61. The van der Waals surface area contributed by atoms with Gasteiger partial charge in [0.15, 0.2) is 0 Å². The number of nitrogens with zero attached hydrogens (tertiary/aromatic N) is 3. The molecule has 7 heteroatoms. The van der Waals surface area contributed by atoms with Crippen molar-refractivity contribution in [3.63, 3.8) is 0 Å². The highest BCUT2D eigenvalue weighted by atomic mass is 16.4. The number of likely N-dealkylation sites (tertiary alicyclic amines) is 1. The third-order valence-electron chi connectivity index (χ3n) is 8.27. The van der Waals surface area contributed by atoms with Gasteiger partial charge in [0, 0.05) is 11.9 Å². The molecular weight excluding hydrogens is 380 g/mol. The quantitative estimate of drug-likeness (QED) is 0.720. The summed E-state index contributed by atoms with van der Waals surface area (Å²) in [5.41, 5.74) is 0.377. The molecule has 2 aromatic rings. The molecule has 4 saturated carbocycles. The van der Waals surface area contributed by atoms with Crippen LogP contribution in [-0.2, 0) is 0 Å². The molecule has 158 valence electrons. The molecule has 7 rings (SSSR count). The van der Waals surface area contributed by atoms with Crippen molar-refractivity contribution in [2.75, 3.05) is 11.9 Å². The van der Waals surface area contributed by atoms with Gasteiger partial charge in [0.05, 0.1) is 23.2 Å². The predicted molar refractivity (Wildman–Crippen MR) is 112 cm³/mol. The fourth-order valence-corrected chi connectivity index (χ4v) is 7.55. The smallest absolute Gasteiger partial charge is 0.407 e. The van der Waals surface area contributed by atoms with Crippen molar-refractivity contribution in [3.05, 3.63) is 30.6 Å². The largest absolute Gasteiger partial charge is 0.465 e. The summed E-state index contributed by atoms with van der Waals surface area (Å²) in [6.07, 6.45) is 6.39. The molecule has 3 N–H and O–H groups in total. The number of fused-ring (bicyclic) bond motifs is 1. The second kappa shape index (κ2) is 6.54. The SMILES string of the molecule is O=C(O)N1CCC(Nc2ncnc3ccccc23)[C@H]1C1C2CC3C[C@H]1CC(O)(C3)C2. The number of aliphatic hydroxyl groups is 1. The maximum atomic E-state index is 12.1. The number of anilines is 1. The zero-order valence-electron chi connectivity index (χ0n) is 16.9. The van der Waals surface area contributed by atoms with Gasteiger partial charge in [0.2, 0.25) is 0 Å². The van der Waals surface area contributed by atoms with Crippen molar-refractivity contribution >= 4 is 22.8 Å². The number of aromatic nitrogens is 2. The minimum Gasteiger partial charge on any atom is -0.465 e. The van der Waals surface area contributed by atoms with Gasteiger partial charge in [-0.1, -0.05) is 12.1 Å². The number of amides is 1. The minimum atomic E-state index is -0.829.